The second-order valence-electron chi connectivity index (χ2n) is 5.66. The second-order valence-corrected chi connectivity index (χ2v) is 5.66. The normalized spacial score (nSPS) is 18.1. The molecule has 0 aliphatic carbocycles. The van der Waals surface area contributed by atoms with Gasteiger partial charge in [-0.2, -0.15) is 0 Å². The molecule has 0 spiro atoms. The summed E-state index contributed by atoms with van der Waals surface area (Å²) in [7, 11) is 1.31. The Hall–Kier alpha value is -2.08. The molecule has 1 unspecified atom stereocenters. The highest BCUT2D eigenvalue weighted by atomic mass is 16.5. The number of nitrogens with one attached hydrogen (secondary N) is 1. The summed E-state index contributed by atoms with van der Waals surface area (Å²) >= 11 is 0. The first-order chi connectivity index (χ1) is 11.0. The van der Waals surface area contributed by atoms with Crippen molar-refractivity contribution in [1.82, 2.24) is 9.88 Å². The van der Waals surface area contributed by atoms with E-state index in [4.69, 9.17) is 4.74 Å². The molecule has 1 atom stereocenters. The lowest BCUT2D eigenvalue weighted by molar-refractivity contribution is -0.134. The number of rotatable bonds is 5. The molecule has 2 rings (SSSR count). The Bertz CT molecular complexity index is 598. The average Bonchev–Trinajstić information content (AvgIpc) is 2.86. The first kappa shape index (κ1) is 17.3. The molecule has 0 saturated carbocycles. The monoisotopic (exact) mass is 320 g/mol. The average molecular weight is 320 g/mol. The summed E-state index contributed by atoms with van der Waals surface area (Å²) in [5, 5.41) is 2.78. The van der Waals surface area contributed by atoms with Crippen LogP contribution in [0.4, 0.5) is 0 Å². The molecule has 1 aliphatic heterocycles. The number of ether oxygens (including phenoxy) is 2. The Kier molecular flexibility index (Phi) is 5.98. The van der Waals surface area contributed by atoms with Gasteiger partial charge in [-0.3, -0.25) is 4.79 Å². The molecule has 1 N–H and O–H groups in total. The van der Waals surface area contributed by atoms with Gasteiger partial charge in [0.15, 0.2) is 0 Å². The van der Waals surface area contributed by atoms with E-state index in [0.29, 0.717) is 18.2 Å². The molecule has 126 valence electrons. The van der Waals surface area contributed by atoms with E-state index in [0.717, 1.165) is 30.8 Å². The predicted octanol–water partition coefficient (Wildman–Crippen LogP) is 1.92. The highest BCUT2D eigenvalue weighted by Crippen LogP contribution is 2.26. The predicted molar refractivity (Wildman–Crippen MR) is 86.5 cm³/mol. The maximum Gasteiger partial charge on any atom is 0.330 e. The molecule has 1 aromatic rings. The number of methoxy groups -OCH3 is 1. The van der Waals surface area contributed by atoms with Crippen LogP contribution < -0.4 is 5.32 Å². The van der Waals surface area contributed by atoms with Crippen LogP contribution in [0, 0.1) is 13.8 Å². The van der Waals surface area contributed by atoms with Gasteiger partial charge in [0, 0.05) is 30.6 Å². The van der Waals surface area contributed by atoms with Crippen LogP contribution in [-0.4, -0.2) is 43.3 Å². The summed E-state index contributed by atoms with van der Waals surface area (Å²) in [6, 6.07) is 2.20. The number of esters is 1. The van der Waals surface area contributed by atoms with Crippen molar-refractivity contribution in [2.45, 2.75) is 32.7 Å². The van der Waals surface area contributed by atoms with E-state index < -0.39 is 5.97 Å². The summed E-state index contributed by atoms with van der Waals surface area (Å²) in [6.07, 6.45) is 4.97. The molecule has 2 heterocycles. The van der Waals surface area contributed by atoms with Crippen LogP contribution in [0.3, 0.4) is 0 Å². The summed E-state index contributed by atoms with van der Waals surface area (Å²) < 4.78 is 12.2. The fraction of sp³-hybridized carbons (Fsp3) is 0.529. The zero-order chi connectivity index (χ0) is 16.8. The van der Waals surface area contributed by atoms with Gasteiger partial charge in [0.05, 0.1) is 25.3 Å². The molecule has 6 nitrogen and oxygen atoms in total. The fourth-order valence-corrected chi connectivity index (χ4v) is 2.97. The molecule has 1 aromatic heterocycles. The van der Waals surface area contributed by atoms with E-state index >= 15 is 0 Å². The molecule has 0 bridgehead atoms. The Morgan fingerprint density at radius 2 is 2.26 bits per heavy atom. The van der Waals surface area contributed by atoms with E-state index in [-0.39, 0.29) is 12.5 Å². The van der Waals surface area contributed by atoms with Crippen molar-refractivity contribution in [3.63, 3.8) is 0 Å². The van der Waals surface area contributed by atoms with Crippen molar-refractivity contribution in [3.8, 4) is 0 Å². The third-order valence-corrected chi connectivity index (χ3v) is 4.07. The Morgan fingerprint density at radius 1 is 1.48 bits per heavy atom. The lowest BCUT2D eigenvalue weighted by Gasteiger charge is -2.26. The van der Waals surface area contributed by atoms with Crippen molar-refractivity contribution in [3.05, 3.63) is 35.2 Å². The van der Waals surface area contributed by atoms with Crippen LogP contribution in [0.15, 0.2) is 18.2 Å². The third kappa shape index (κ3) is 4.22. The van der Waals surface area contributed by atoms with Crippen LogP contribution in [0.5, 0.6) is 0 Å². The molecule has 0 radical (unpaired) electrons. The molecule has 1 amide bonds. The standard InChI is InChI=1S/C17H24N2O4/c1-12-10-15(17(21)18-8-4-7-16(20)22-3)13(2)19(12)14-6-5-9-23-11-14/h4,7,10,14H,5-6,8-9,11H2,1-3H3,(H,18,21)/b7-4+. The summed E-state index contributed by atoms with van der Waals surface area (Å²) in [5.41, 5.74) is 2.68. The molecule has 1 saturated heterocycles. The zero-order valence-corrected chi connectivity index (χ0v) is 13.9. The SMILES string of the molecule is COC(=O)/C=C/CNC(=O)c1cc(C)n(C2CCCOC2)c1C. The maximum atomic E-state index is 12.3. The van der Waals surface area contributed by atoms with Gasteiger partial charge in [-0.15, -0.1) is 0 Å². The van der Waals surface area contributed by atoms with E-state index in [9.17, 15) is 9.59 Å². The first-order valence-corrected chi connectivity index (χ1v) is 7.83. The lowest BCUT2D eigenvalue weighted by atomic mass is 10.1. The van der Waals surface area contributed by atoms with Crippen LogP contribution in [0.1, 0.15) is 40.6 Å². The topological polar surface area (TPSA) is 69.6 Å². The van der Waals surface area contributed by atoms with Crippen LogP contribution in [-0.2, 0) is 14.3 Å². The minimum atomic E-state index is -0.435. The Morgan fingerprint density at radius 3 is 2.91 bits per heavy atom. The molecule has 0 aromatic carbocycles. The first-order valence-electron chi connectivity index (χ1n) is 7.83. The van der Waals surface area contributed by atoms with Gasteiger partial charge < -0.3 is 19.4 Å². The van der Waals surface area contributed by atoms with Gasteiger partial charge in [0.1, 0.15) is 0 Å². The Labute approximate surface area is 136 Å². The van der Waals surface area contributed by atoms with E-state index in [1.807, 2.05) is 19.9 Å². The number of aromatic nitrogens is 1. The highest BCUT2D eigenvalue weighted by molar-refractivity contribution is 5.95. The van der Waals surface area contributed by atoms with Gasteiger partial charge in [-0.05, 0) is 32.8 Å². The Balaban J connectivity index is 2.03. The van der Waals surface area contributed by atoms with Crippen molar-refractivity contribution in [1.29, 1.82) is 0 Å². The van der Waals surface area contributed by atoms with Crippen LogP contribution in [0.25, 0.3) is 0 Å². The van der Waals surface area contributed by atoms with Gasteiger partial charge >= 0.3 is 5.97 Å². The zero-order valence-electron chi connectivity index (χ0n) is 13.9. The highest BCUT2D eigenvalue weighted by Gasteiger charge is 2.22. The number of carbonyl (C=O) groups is 2. The van der Waals surface area contributed by atoms with Gasteiger partial charge in [0.2, 0.25) is 0 Å². The summed E-state index contributed by atoms with van der Waals surface area (Å²) in [5.74, 6) is -0.578. The molecule has 1 aliphatic rings. The molecule has 6 heteroatoms. The summed E-state index contributed by atoms with van der Waals surface area (Å²) in [4.78, 5) is 23.3. The number of hydrogen-bond acceptors (Lipinski definition) is 4. The molecule has 23 heavy (non-hydrogen) atoms. The number of hydrogen-bond donors (Lipinski definition) is 1. The van der Waals surface area contributed by atoms with Crippen molar-refractivity contribution < 1.29 is 19.1 Å². The summed E-state index contributed by atoms with van der Waals surface area (Å²) in [6.45, 7) is 5.76. The van der Waals surface area contributed by atoms with E-state index in [1.54, 1.807) is 6.08 Å². The number of amides is 1. The van der Waals surface area contributed by atoms with E-state index in [1.165, 1.54) is 13.2 Å². The molecular weight excluding hydrogens is 296 g/mol. The molecule has 1 fully saturated rings. The van der Waals surface area contributed by atoms with Crippen molar-refractivity contribution in [2.24, 2.45) is 0 Å². The fourth-order valence-electron chi connectivity index (χ4n) is 2.97. The van der Waals surface area contributed by atoms with E-state index in [2.05, 4.69) is 14.6 Å². The smallest absolute Gasteiger partial charge is 0.330 e. The maximum absolute atomic E-state index is 12.3. The minimum absolute atomic E-state index is 0.143. The van der Waals surface area contributed by atoms with Crippen molar-refractivity contribution in [2.75, 3.05) is 26.9 Å². The quantitative estimate of drug-likeness (QED) is 0.665. The number of nitrogens with zero attached hydrogens (tertiary/aromatic N) is 1. The van der Waals surface area contributed by atoms with Gasteiger partial charge in [0.25, 0.3) is 5.91 Å². The van der Waals surface area contributed by atoms with Gasteiger partial charge in [-0.1, -0.05) is 6.08 Å². The largest absolute Gasteiger partial charge is 0.466 e. The number of aryl methyl sites for hydroxylation is 1. The van der Waals surface area contributed by atoms with Crippen LogP contribution in [0.2, 0.25) is 0 Å². The van der Waals surface area contributed by atoms with Crippen LogP contribution >= 0.6 is 0 Å². The molecular formula is C17H24N2O4. The van der Waals surface area contributed by atoms with Gasteiger partial charge in [-0.25, -0.2) is 4.79 Å². The van der Waals surface area contributed by atoms with Crippen molar-refractivity contribution >= 4 is 11.9 Å². The second kappa shape index (κ2) is 7.97. The number of carbonyl (C=O) groups excluding carboxylic acids is 2. The third-order valence-electron chi connectivity index (χ3n) is 4.07. The lowest BCUT2D eigenvalue weighted by Crippen LogP contribution is -2.25. The minimum Gasteiger partial charge on any atom is -0.466 e.